The first kappa shape index (κ1) is 22.7. The molecule has 0 aliphatic heterocycles. The van der Waals surface area contributed by atoms with Crippen molar-refractivity contribution in [3.8, 4) is 0 Å². The van der Waals surface area contributed by atoms with Gasteiger partial charge in [0.25, 0.3) is 0 Å². The van der Waals surface area contributed by atoms with Crippen LogP contribution in [-0.2, 0) is 11.2 Å². The summed E-state index contributed by atoms with van der Waals surface area (Å²) in [6.45, 7) is 7.13. The fraction of sp³-hybridized carbons (Fsp3) is 0.296. The molecule has 4 nitrogen and oxygen atoms in total. The van der Waals surface area contributed by atoms with Gasteiger partial charge in [0, 0.05) is 18.8 Å². The maximum atomic E-state index is 13.8. The van der Waals surface area contributed by atoms with E-state index in [-0.39, 0.29) is 12.5 Å². The Kier molecular flexibility index (Phi) is 7.99. The van der Waals surface area contributed by atoms with E-state index in [1.54, 1.807) is 0 Å². The average molecular weight is 417 g/mol. The second-order valence-corrected chi connectivity index (χ2v) is 8.02. The van der Waals surface area contributed by atoms with Gasteiger partial charge in [-0.1, -0.05) is 66.2 Å². The highest BCUT2D eigenvalue weighted by atomic mass is 16.3. The zero-order valence-electron chi connectivity index (χ0n) is 18.6. The number of rotatable bonds is 9. The number of aliphatic hydroxyl groups is 1. The predicted octanol–water partition coefficient (Wildman–Crippen LogP) is 4.51. The molecule has 1 amide bonds. The van der Waals surface area contributed by atoms with Crippen molar-refractivity contribution in [2.45, 2.75) is 33.2 Å². The molecule has 0 saturated heterocycles. The highest BCUT2D eigenvalue weighted by molar-refractivity contribution is 5.98. The molecule has 2 N–H and O–H groups in total. The number of nitrogens with one attached hydrogen (secondary N) is 1. The molecular formula is C27H32N2O2. The number of aryl methyl sites for hydroxylation is 3. The second-order valence-electron chi connectivity index (χ2n) is 8.02. The summed E-state index contributed by atoms with van der Waals surface area (Å²) in [6.07, 6.45) is 0.764. The van der Waals surface area contributed by atoms with Crippen LogP contribution >= 0.6 is 0 Å². The molecular weight excluding hydrogens is 384 g/mol. The van der Waals surface area contributed by atoms with Gasteiger partial charge < -0.3 is 10.0 Å². The smallest absolute Gasteiger partial charge is 0.248 e. The van der Waals surface area contributed by atoms with Crippen LogP contribution in [0.25, 0.3) is 0 Å². The van der Waals surface area contributed by atoms with Crippen molar-refractivity contribution in [1.82, 2.24) is 5.32 Å². The van der Waals surface area contributed by atoms with E-state index in [4.69, 9.17) is 0 Å². The summed E-state index contributed by atoms with van der Waals surface area (Å²) in [7, 11) is 0. The summed E-state index contributed by atoms with van der Waals surface area (Å²) >= 11 is 0. The third-order valence-electron chi connectivity index (χ3n) is 5.65. The highest BCUT2D eigenvalue weighted by Crippen LogP contribution is 2.24. The van der Waals surface area contributed by atoms with Gasteiger partial charge in [0.2, 0.25) is 5.91 Å². The van der Waals surface area contributed by atoms with Crippen LogP contribution in [0.15, 0.2) is 72.8 Å². The number of hydrogen-bond donors (Lipinski definition) is 2. The number of anilines is 1. The molecule has 0 aliphatic carbocycles. The molecule has 1 atom stereocenters. The normalized spacial score (nSPS) is 11.9. The topological polar surface area (TPSA) is 52.6 Å². The van der Waals surface area contributed by atoms with Crippen molar-refractivity contribution >= 4 is 11.6 Å². The maximum Gasteiger partial charge on any atom is 0.248 e. The molecule has 31 heavy (non-hydrogen) atoms. The zero-order valence-corrected chi connectivity index (χ0v) is 18.6. The van der Waals surface area contributed by atoms with E-state index in [1.807, 2.05) is 41.3 Å². The molecule has 0 heterocycles. The fourth-order valence-corrected chi connectivity index (χ4v) is 3.61. The summed E-state index contributed by atoms with van der Waals surface area (Å²) in [5.74, 6) is -0.0185. The van der Waals surface area contributed by atoms with Crippen molar-refractivity contribution in [2.24, 2.45) is 0 Å². The lowest BCUT2D eigenvalue weighted by molar-refractivity contribution is -0.120. The Labute approximate surface area is 185 Å². The highest BCUT2D eigenvalue weighted by Gasteiger charge is 2.26. The minimum atomic E-state index is -0.520. The minimum Gasteiger partial charge on any atom is -0.395 e. The first-order valence-electron chi connectivity index (χ1n) is 10.8. The molecule has 162 valence electrons. The van der Waals surface area contributed by atoms with E-state index in [0.29, 0.717) is 13.1 Å². The molecule has 3 aromatic rings. The predicted molar refractivity (Wildman–Crippen MR) is 127 cm³/mol. The van der Waals surface area contributed by atoms with Crippen LogP contribution in [0.4, 0.5) is 5.69 Å². The van der Waals surface area contributed by atoms with Crippen molar-refractivity contribution in [3.05, 3.63) is 101 Å². The Morgan fingerprint density at radius 2 is 1.65 bits per heavy atom. The van der Waals surface area contributed by atoms with Crippen molar-refractivity contribution in [1.29, 1.82) is 0 Å². The van der Waals surface area contributed by atoms with Crippen LogP contribution in [0.5, 0.6) is 0 Å². The quantitative estimate of drug-likeness (QED) is 0.540. The summed E-state index contributed by atoms with van der Waals surface area (Å²) in [5.41, 5.74) is 6.57. The molecule has 0 aromatic heterocycles. The Balaban J connectivity index is 1.92. The number of aliphatic hydroxyl groups excluding tert-OH is 1. The third-order valence-corrected chi connectivity index (χ3v) is 5.65. The van der Waals surface area contributed by atoms with Gasteiger partial charge in [0.15, 0.2) is 0 Å². The molecule has 0 spiro atoms. The summed E-state index contributed by atoms with van der Waals surface area (Å²) < 4.78 is 0. The molecule has 4 heteroatoms. The first-order valence-corrected chi connectivity index (χ1v) is 10.8. The van der Waals surface area contributed by atoms with Gasteiger partial charge in [-0.2, -0.15) is 0 Å². The number of amides is 1. The Morgan fingerprint density at radius 1 is 0.935 bits per heavy atom. The molecule has 0 saturated carbocycles. The molecule has 0 fully saturated rings. The Morgan fingerprint density at radius 3 is 2.29 bits per heavy atom. The lowest BCUT2D eigenvalue weighted by Crippen LogP contribution is -2.43. The van der Waals surface area contributed by atoms with Crippen molar-refractivity contribution < 1.29 is 9.90 Å². The standard InChI is InChI=1S/C27H32N2O2/c1-20-9-12-23(13-10-20)15-17-29(25-14-11-21(2)22(3)19-25)27(31)26(28-16-18-30)24-7-5-4-6-8-24/h4-14,19,26,28,30H,15-18H2,1-3H3. The van der Waals surface area contributed by atoms with Crippen molar-refractivity contribution in [2.75, 3.05) is 24.6 Å². The summed E-state index contributed by atoms with van der Waals surface area (Å²) in [5, 5.41) is 12.6. The van der Waals surface area contributed by atoms with Gasteiger partial charge in [0.05, 0.1) is 6.61 Å². The first-order chi connectivity index (χ1) is 15.0. The van der Waals surface area contributed by atoms with Crippen LogP contribution in [0, 0.1) is 20.8 Å². The van der Waals surface area contributed by atoms with Crippen LogP contribution in [-0.4, -0.2) is 30.7 Å². The minimum absolute atomic E-state index is 0.0185. The summed E-state index contributed by atoms with van der Waals surface area (Å²) in [4.78, 5) is 15.7. The van der Waals surface area contributed by atoms with Gasteiger partial charge in [-0.3, -0.25) is 10.1 Å². The molecule has 3 rings (SSSR count). The van der Waals surface area contributed by atoms with E-state index in [0.717, 1.165) is 23.2 Å². The van der Waals surface area contributed by atoms with E-state index in [9.17, 15) is 9.90 Å². The molecule has 3 aromatic carbocycles. The van der Waals surface area contributed by atoms with Gasteiger partial charge in [0.1, 0.15) is 6.04 Å². The van der Waals surface area contributed by atoms with E-state index < -0.39 is 6.04 Å². The van der Waals surface area contributed by atoms with Crippen LogP contribution < -0.4 is 10.2 Å². The van der Waals surface area contributed by atoms with Crippen molar-refractivity contribution in [3.63, 3.8) is 0 Å². The van der Waals surface area contributed by atoms with Crippen LogP contribution in [0.2, 0.25) is 0 Å². The lowest BCUT2D eigenvalue weighted by atomic mass is 10.0. The SMILES string of the molecule is Cc1ccc(CCN(C(=O)C(NCCO)c2ccccc2)c2ccc(C)c(C)c2)cc1. The van der Waals surface area contributed by atoms with Gasteiger partial charge in [-0.25, -0.2) is 0 Å². The van der Waals surface area contributed by atoms with Crippen LogP contribution in [0.1, 0.15) is 33.9 Å². The Hall–Kier alpha value is -2.95. The number of hydrogen-bond acceptors (Lipinski definition) is 3. The van der Waals surface area contributed by atoms with E-state index in [2.05, 4.69) is 62.5 Å². The number of nitrogens with zero attached hydrogens (tertiary/aromatic N) is 1. The largest absolute Gasteiger partial charge is 0.395 e. The lowest BCUT2D eigenvalue weighted by Gasteiger charge is -2.29. The fourth-order valence-electron chi connectivity index (χ4n) is 3.61. The number of benzene rings is 3. The molecule has 0 bridgehead atoms. The number of carbonyl (C=O) groups excluding carboxylic acids is 1. The van der Waals surface area contributed by atoms with E-state index >= 15 is 0 Å². The Bertz CT molecular complexity index is 984. The average Bonchev–Trinajstić information content (AvgIpc) is 2.78. The van der Waals surface area contributed by atoms with Gasteiger partial charge in [-0.15, -0.1) is 0 Å². The van der Waals surface area contributed by atoms with E-state index in [1.165, 1.54) is 16.7 Å². The molecule has 0 aliphatic rings. The summed E-state index contributed by atoms with van der Waals surface area (Å²) in [6, 6.07) is 23.8. The third kappa shape index (κ3) is 6.03. The van der Waals surface area contributed by atoms with Gasteiger partial charge in [-0.05, 0) is 61.6 Å². The molecule has 0 radical (unpaired) electrons. The number of carbonyl (C=O) groups is 1. The van der Waals surface area contributed by atoms with Gasteiger partial charge >= 0.3 is 0 Å². The maximum absolute atomic E-state index is 13.8. The zero-order chi connectivity index (χ0) is 22.2. The monoisotopic (exact) mass is 416 g/mol. The van der Waals surface area contributed by atoms with Crippen LogP contribution in [0.3, 0.4) is 0 Å². The second kappa shape index (κ2) is 10.9. The molecule has 1 unspecified atom stereocenters.